The zero-order valence-electron chi connectivity index (χ0n) is 14.8. The highest BCUT2D eigenvalue weighted by molar-refractivity contribution is 6.30. The molecule has 0 bridgehead atoms. The molecular weight excluding hydrogens is 377 g/mol. The smallest absolute Gasteiger partial charge is 0.162 e. The maximum Gasteiger partial charge on any atom is 0.162 e. The van der Waals surface area contributed by atoms with Crippen LogP contribution in [-0.4, -0.2) is 9.97 Å². The average molecular weight is 395 g/mol. The fourth-order valence-electron chi connectivity index (χ4n) is 2.98. The molecule has 3 aromatic carbocycles. The number of aromatic nitrogens is 2. The number of halogens is 2. The number of hydrogen-bond acceptors (Lipinski definition) is 3. The normalized spacial score (nSPS) is 10.4. The summed E-state index contributed by atoms with van der Waals surface area (Å²) in [5.41, 5.74) is 4.17. The lowest BCUT2D eigenvalue weighted by Gasteiger charge is -2.13. The molecule has 0 aliphatic heterocycles. The molecule has 0 unspecified atom stereocenters. The molecule has 0 atom stereocenters. The second-order valence-corrected chi connectivity index (χ2v) is 6.49. The number of nitrogens with zero attached hydrogens (tertiary/aromatic N) is 2. The van der Waals surface area contributed by atoms with Crippen LogP contribution in [0, 0.1) is 0 Å². The van der Waals surface area contributed by atoms with Gasteiger partial charge in [-0.1, -0.05) is 48.9 Å². The Kier molecular flexibility index (Phi) is 5.94. The van der Waals surface area contributed by atoms with E-state index >= 15 is 0 Å². The predicted molar refractivity (Wildman–Crippen MR) is 109 cm³/mol. The topological polar surface area (TPSA) is 37.8 Å². The lowest BCUT2D eigenvalue weighted by molar-refractivity contribution is -0.00000517. The minimum Gasteiger partial charge on any atom is -1.00 e. The number of hydrogen-bond donors (Lipinski definition) is 1. The van der Waals surface area contributed by atoms with Gasteiger partial charge >= 0.3 is 0 Å². The zero-order valence-corrected chi connectivity index (χ0v) is 16.3. The van der Waals surface area contributed by atoms with Crippen LogP contribution < -0.4 is 17.7 Å². The van der Waals surface area contributed by atoms with Gasteiger partial charge in [-0.3, -0.25) is 0 Å². The summed E-state index contributed by atoms with van der Waals surface area (Å²) >= 11 is 6.01. The lowest BCUT2D eigenvalue weighted by Crippen LogP contribution is -3.00. The van der Waals surface area contributed by atoms with Gasteiger partial charge in [-0.25, -0.2) is 9.97 Å². The molecule has 1 aromatic heterocycles. The first kappa shape index (κ1) is 19.2. The van der Waals surface area contributed by atoms with Gasteiger partial charge in [0.15, 0.2) is 5.82 Å². The van der Waals surface area contributed by atoms with Crippen LogP contribution in [0.5, 0.6) is 0 Å². The number of fused-ring (bicyclic) bond motifs is 1. The number of nitrogens with one attached hydrogen (secondary N) is 1. The van der Waals surface area contributed by atoms with Crippen molar-refractivity contribution in [2.75, 3.05) is 5.32 Å². The van der Waals surface area contributed by atoms with Crippen LogP contribution in [0.1, 0.15) is 12.5 Å². The van der Waals surface area contributed by atoms with Crippen molar-refractivity contribution < 1.29 is 12.4 Å². The monoisotopic (exact) mass is 394 g/mol. The first-order chi connectivity index (χ1) is 12.7. The maximum absolute atomic E-state index is 6.01. The minimum atomic E-state index is 0. The van der Waals surface area contributed by atoms with Crippen LogP contribution in [0.4, 0.5) is 11.5 Å². The number of rotatable bonds is 4. The van der Waals surface area contributed by atoms with E-state index in [1.807, 2.05) is 54.6 Å². The Morgan fingerprint density at radius 1 is 0.852 bits per heavy atom. The molecule has 0 aliphatic carbocycles. The second-order valence-electron chi connectivity index (χ2n) is 6.06. The summed E-state index contributed by atoms with van der Waals surface area (Å²) in [6.07, 6.45) is 0.955. The second kappa shape index (κ2) is 8.38. The first-order valence-electron chi connectivity index (χ1n) is 8.62. The molecule has 4 aromatic rings. The van der Waals surface area contributed by atoms with Gasteiger partial charge in [-0.2, -0.15) is 0 Å². The van der Waals surface area contributed by atoms with Crippen molar-refractivity contribution >= 4 is 34.0 Å². The summed E-state index contributed by atoms with van der Waals surface area (Å²) in [7, 11) is 0. The SMILES string of the molecule is CCc1ccccc1Nc1nc(-c2ccc(Cl)cc2)nc2ccccc12.[Cl-]. The van der Waals surface area contributed by atoms with Crippen molar-refractivity contribution in [2.45, 2.75) is 13.3 Å². The van der Waals surface area contributed by atoms with Crippen LogP contribution in [0.25, 0.3) is 22.3 Å². The van der Waals surface area contributed by atoms with E-state index in [4.69, 9.17) is 21.6 Å². The van der Waals surface area contributed by atoms with Gasteiger partial charge in [0.2, 0.25) is 0 Å². The number of anilines is 2. The van der Waals surface area contributed by atoms with Crippen molar-refractivity contribution in [3.63, 3.8) is 0 Å². The van der Waals surface area contributed by atoms with Crippen molar-refractivity contribution in [2.24, 2.45) is 0 Å². The molecule has 5 heteroatoms. The van der Waals surface area contributed by atoms with E-state index < -0.39 is 0 Å². The largest absolute Gasteiger partial charge is 1.00 e. The van der Waals surface area contributed by atoms with Crippen molar-refractivity contribution in [3.05, 3.63) is 83.4 Å². The number of benzene rings is 3. The standard InChI is InChI=1S/C22H18ClN3.ClH/c1-2-15-7-3-5-9-19(15)24-22-18-8-4-6-10-20(18)25-21(26-22)16-11-13-17(23)14-12-16;/h3-14H,2H2,1H3,(H,24,25,26);1H/p-1. The molecule has 1 N–H and O–H groups in total. The Hall–Kier alpha value is -2.62. The molecule has 0 fully saturated rings. The van der Waals surface area contributed by atoms with Crippen LogP contribution in [0.3, 0.4) is 0 Å². The Bertz CT molecular complexity index is 1060. The lowest BCUT2D eigenvalue weighted by atomic mass is 10.1. The quantitative estimate of drug-likeness (QED) is 0.577. The van der Waals surface area contributed by atoms with Crippen molar-refractivity contribution in [1.82, 2.24) is 9.97 Å². The van der Waals surface area contributed by atoms with Crippen molar-refractivity contribution in [3.8, 4) is 11.4 Å². The maximum atomic E-state index is 6.01. The van der Waals surface area contributed by atoms with Crippen LogP contribution in [-0.2, 0) is 6.42 Å². The Labute approximate surface area is 169 Å². The summed E-state index contributed by atoms with van der Waals surface area (Å²) in [6.45, 7) is 2.15. The van der Waals surface area contributed by atoms with E-state index in [2.05, 4.69) is 30.4 Å². The summed E-state index contributed by atoms with van der Waals surface area (Å²) in [4.78, 5) is 9.53. The summed E-state index contributed by atoms with van der Waals surface area (Å²) in [6, 6.07) is 23.9. The van der Waals surface area contributed by atoms with E-state index in [1.165, 1.54) is 5.56 Å². The molecule has 0 saturated carbocycles. The molecule has 0 saturated heterocycles. The molecule has 27 heavy (non-hydrogen) atoms. The van der Waals surface area contributed by atoms with Gasteiger partial charge < -0.3 is 17.7 Å². The van der Waals surface area contributed by atoms with E-state index in [9.17, 15) is 0 Å². The van der Waals surface area contributed by atoms with E-state index in [1.54, 1.807) is 0 Å². The Morgan fingerprint density at radius 3 is 2.33 bits per heavy atom. The molecule has 1 heterocycles. The molecule has 0 aliphatic rings. The van der Waals surface area contributed by atoms with Crippen molar-refractivity contribution in [1.29, 1.82) is 0 Å². The minimum absolute atomic E-state index is 0. The molecule has 4 rings (SSSR count). The van der Waals surface area contributed by atoms with Crippen LogP contribution >= 0.6 is 11.6 Å². The Balaban J connectivity index is 0.00000210. The fourth-order valence-corrected chi connectivity index (χ4v) is 3.10. The van der Waals surface area contributed by atoms with Crippen LogP contribution in [0.15, 0.2) is 72.8 Å². The van der Waals surface area contributed by atoms with Gasteiger partial charge in [0, 0.05) is 21.7 Å². The molecule has 0 spiro atoms. The van der Waals surface area contributed by atoms with E-state index in [0.717, 1.165) is 34.4 Å². The highest BCUT2D eigenvalue weighted by Crippen LogP contribution is 2.29. The summed E-state index contributed by atoms with van der Waals surface area (Å²) in [5, 5.41) is 5.21. The number of para-hydroxylation sites is 2. The van der Waals surface area contributed by atoms with Gasteiger partial charge in [0.1, 0.15) is 5.82 Å². The van der Waals surface area contributed by atoms with Gasteiger partial charge in [-0.05, 0) is 54.4 Å². The third-order valence-corrected chi connectivity index (χ3v) is 4.61. The summed E-state index contributed by atoms with van der Waals surface area (Å²) in [5.74, 6) is 1.48. The Morgan fingerprint density at radius 2 is 1.56 bits per heavy atom. The molecule has 0 amide bonds. The highest BCUT2D eigenvalue weighted by Gasteiger charge is 2.11. The first-order valence-corrected chi connectivity index (χ1v) is 9.00. The van der Waals surface area contributed by atoms with E-state index in [-0.39, 0.29) is 12.4 Å². The molecule has 3 nitrogen and oxygen atoms in total. The predicted octanol–water partition coefficient (Wildman–Crippen LogP) is 3.26. The fraction of sp³-hybridized carbons (Fsp3) is 0.0909. The molecule has 136 valence electrons. The molecular formula is C22H18Cl2N3-. The zero-order chi connectivity index (χ0) is 17.9. The summed E-state index contributed by atoms with van der Waals surface area (Å²) < 4.78 is 0. The third-order valence-electron chi connectivity index (χ3n) is 4.36. The number of aryl methyl sites for hydroxylation is 1. The highest BCUT2D eigenvalue weighted by atomic mass is 35.5. The van der Waals surface area contributed by atoms with Gasteiger partial charge in [0.25, 0.3) is 0 Å². The third kappa shape index (κ3) is 4.05. The van der Waals surface area contributed by atoms with Gasteiger partial charge in [0.05, 0.1) is 5.52 Å². The molecule has 0 radical (unpaired) electrons. The van der Waals surface area contributed by atoms with Gasteiger partial charge in [-0.15, -0.1) is 0 Å². The average Bonchev–Trinajstić information content (AvgIpc) is 2.69. The van der Waals surface area contributed by atoms with Crippen LogP contribution in [0.2, 0.25) is 5.02 Å². The van der Waals surface area contributed by atoms with E-state index in [0.29, 0.717) is 10.8 Å².